The van der Waals surface area contributed by atoms with E-state index in [0.29, 0.717) is 11.3 Å². The third-order valence-corrected chi connectivity index (χ3v) is 5.66. The predicted octanol–water partition coefficient (Wildman–Crippen LogP) is 5.39. The second kappa shape index (κ2) is 7.84. The summed E-state index contributed by atoms with van der Waals surface area (Å²) < 4.78 is 12.5. The first-order valence-electron chi connectivity index (χ1n) is 9.42. The van der Waals surface area contributed by atoms with E-state index in [9.17, 15) is 9.90 Å². The summed E-state index contributed by atoms with van der Waals surface area (Å²) in [5.41, 5.74) is 4.31. The van der Waals surface area contributed by atoms with Gasteiger partial charge in [-0.25, -0.2) is 4.79 Å². The molecule has 0 aliphatic carbocycles. The van der Waals surface area contributed by atoms with E-state index in [0.717, 1.165) is 52.1 Å². The second-order valence-electron chi connectivity index (χ2n) is 8.11. The van der Waals surface area contributed by atoms with Gasteiger partial charge >= 0.3 is 5.97 Å². The van der Waals surface area contributed by atoms with Crippen LogP contribution in [0.15, 0.2) is 22.7 Å². The molecule has 0 amide bonds. The van der Waals surface area contributed by atoms with Gasteiger partial charge in [-0.15, -0.1) is 0 Å². The first kappa shape index (κ1) is 20.8. The van der Waals surface area contributed by atoms with Gasteiger partial charge in [0.2, 0.25) is 0 Å². The van der Waals surface area contributed by atoms with Crippen molar-refractivity contribution >= 4 is 21.9 Å². The molecule has 0 fully saturated rings. The van der Waals surface area contributed by atoms with Gasteiger partial charge in [0.05, 0.1) is 17.9 Å². The van der Waals surface area contributed by atoms with E-state index in [1.54, 1.807) is 0 Å². The molecule has 0 saturated heterocycles. The van der Waals surface area contributed by atoms with Gasteiger partial charge in [0, 0.05) is 21.3 Å². The van der Waals surface area contributed by atoms with Crippen molar-refractivity contribution in [2.45, 2.75) is 59.2 Å². The molecule has 2 heterocycles. The van der Waals surface area contributed by atoms with E-state index >= 15 is 0 Å². The minimum Gasteiger partial charge on any atom is -0.493 e. The van der Waals surface area contributed by atoms with Gasteiger partial charge in [0.25, 0.3) is 0 Å². The highest BCUT2D eigenvalue weighted by Gasteiger charge is 2.32. The summed E-state index contributed by atoms with van der Waals surface area (Å²) >= 11 is 3.65. The Hall–Kier alpha value is -1.92. The molecule has 0 spiro atoms. The van der Waals surface area contributed by atoms with Crippen LogP contribution in [0.25, 0.3) is 11.1 Å². The molecule has 0 bridgehead atoms. The van der Waals surface area contributed by atoms with Gasteiger partial charge in [0.1, 0.15) is 5.75 Å². The third kappa shape index (κ3) is 4.23. The number of carboxylic acid groups (broad SMARTS) is 1. The Bertz CT molecular complexity index is 918. The number of ether oxygens (including phenoxy) is 2. The maximum atomic E-state index is 12.2. The summed E-state index contributed by atoms with van der Waals surface area (Å²) in [5.74, 6) is -0.131. The average Bonchev–Trinajstić information content (AvgIpc) is 2.61. The lowest BCUT2D eigenvalue weighted by molar-refractivity contribution is -0.160. The van der Waals surface area contributed by atoms with E-state index in [1.807, 2.05) is 46.8 Å². The van der Waals surface area contributed by atoms with Crippen molar-refractivity contribution in [3.63, 3.8) is 0 Å². The summed E-state index contributed by atoms with van der Waals surface area (Å²) in [6, 6.07) is 6.03. The maximum absolute atomic E-state index is 12.2. The molecule has 0 saturated carbocycles. The number of carboxylic acids is 1. The highest BCUT2D eigenvalue weighted by atomic mass is 79.9. The average molecular weight is 448 g/mol. The van der Waals surface area contributed by atoms with Crippen molar-refractivity contribution in [1.82, 2.24) is 4.98 Å². The first-order chi connectivity index (χ1) is 13.1. The fraction of sp³-hybridized carbons (Fsp3) is 0.455. The van der Waals surface area contributed by atoms with E-state index < -0.39 is 17.7 Å². The van der Waals surface area contributed by atoms with Crippen LogP contribution in [0.5, 0.6) is 5.75 Å². The quantitative estimate of drug-likeness (QED) is 0.679. The smallest absolute Gasteiger partial charge is 0.337 e. The molecule has 150 valence electrons. The number of halogens is 1. The zero-order chi connectivity index (χ0) is 20.6. The first-order valence-corrected chi connectivity index (χ1v) is 10.2. The number of nitrogens with zero attached hydrogens (tertiary/aromatic N) is 1. The van der Waals surface area contributed by atoms with E-state index in [4.69, 9.17) is 9.47 Å². The number of rotatable bonds is 4. The molecule has 6 heteroatoms. The largest absolute Gasteiger partial charge is 0.493 e. The minimum atomic E-state index is -1.12. The number of hydrogen-bond acceptors (Lipinski definition) is 4. The SMILES string of the molecule is Cc1nc(C)c(C(OC(C)(C)C)C(=O)O)c(-c2ccc3c(c2)CCCO3)c1Br. The van der Waals surface area contributed by atoms with Crippen LogP contribution in [0.1, 0.15) is 55.8 Å². The predicted molar refractivity (Wildman–Crippen MR) is 112 cm³/mol. The molecule has 1 aromatic heterocycles. The minimum absolute atomic E-state index is 0.580. The highest BCUT2D eigenvalue weighted by molar-refractivity contribution is 9.10. The highest BCUT2D eigenvalue weighted by Crippen LogP contribution is 2.42. The third-order valence-electron chi connectivity index (χ3n) is 4.69. The van der Waals surface area contributed by atoms with Crippen LogP contribution in [0, 0.1) is 13.8 Å². The molecular formula is C22H26BrNO4. The number of pyridine rings is 1. The molecule has 0 radical (unpaired) electrons. The molecule has 1 aromatic carbocycles. The van der Waals surface area contributed by atoms with E-state index in [1.165, 1.54) is 0 Å². The van der Waals surface area contributed by atoms with Gasteiger partial charge < -0.3 is 14.6 Å². The second-order valence-corrected chi connectivity index (χ2v) is 8.90. The Morgan fingerprint density at radius 3 is 2.64 bits per heavy atom. The molecule has 1 aliphatic heterocycles. The summed E-state index contributed by atoms with van der Waals surface area (Å²) in [7, 11) is 0. The molecular weight excluding hydrogens is 422 g/mol. The van der Waals surface area contributed by atoms with Crippen molar-refractivity contribution < 1.29 is 19.4 Å². The van der Waals surface area contributed by atoms with Gasteiger partial charge in [0.15, 0.2) is 6.10 Å². The molecule has 3 rings (SSSR count). The Morgan fingerprint density at radius 2 is 2.00 bits per heavy atom. The van der Waals surface area contributed by atoms with Crippen molar-refractivity contribution in [3.05, 3.63) is 45.2 Å². The molecule has 2 aromatic rings. The Labute approximate surface area is 174 Å². The number of benzene rings is 1. The summed E-state index contributed by atoms with van der Waals surface area (Å²) in [5, 5.41) is 9.95. The van der Waals surface area contributed by atoms with Crippen LogP contribution in [-0.4, -0.2) is 28.3 Å². The van der Waals surface area contributed by atoms with Gasteiger partial charge in [-0.1, -0.05) is 6.07 Å². The number of aliphatic carboxylic acids is 1. The summed E-state index contributed by atoms with van der Waals surface area (Å²) in [6.07, 6.45) is 0.802. The van der Waals surface area contributed by atoms with Crippen LogP contribution in [-0.2, 0) is 16.0 Å². The van der Waals surface area contributed by atoms with Gasteiger partial charge in [-0.05, 0) is 86.6 Å². The molecule has 1 aliphatic rings. The lowest BCUT2D eigenvalue weighted by Gasteiger charge is -2.28. The molecule has 1 N–H and O–H groups in total. The van der Waals surface area contributed by atoms with Crippen molar-refractivity contribution in [2.75, 3.05) is 6.61 Å². The molecule has 1 atom stereocenters. The normalized spacial score (nSPS) is 14.9. The van der Waals surface area contributed by atoms with Crippen LogP contribution in [0.2, 0.25) is 0 Å². The van der Waals surface area contributed by atoms with Gasteiger partial charge in [-0.3, -0.25) is 4.98 Å². The topological polar surface area (TPSA) is 68.7 Å². The molecule has 1 unspecified atom stereocenters. The van der Waals surface area contributed by atoms with Crippen LogP contribution in [0.4, 0.5) is 0 Å². The zero-order valence-electron chi connectivity index (χ0n) is 16.9. The van der Waals surface area contributed by atoms with Gasteiger partial charge in [-0.2, -0.15) is 0 Å². The number of aromatic nitrogens is 1. The van der Waals surface area contributed by atoms with E-state index in [2.05, 4.69) is 27.0 Å². The van der Waals surface area contributed by atoms with Crippen LogP contribution < -0.4 is 4.74 Å². The summed E-state index contributed by atoms with van der Waals surface area (Å²) in [6.45, 7) is 10.0. The Balaban J connectivity index is 2.24. The van der Waals surface area contributed by atoms with Crippen molar-refractivity contribution in [2.24, 2.45) is 0 Å². The maximum Gasteiger partial charge on any atom is 0.337 e. The molecule has 5 nitrogen and oxygen atoms in total. The monoisotopic (exact) mass is 447 g/mol. The Morgan fingerprint density at radius 1 is 1.29 bits per heavy atom. The molecule has 28 heavy (non-hydrogen) atoms. The van der Waals surface area contributed by atoms with Crippen molar-refractivity contribution in [3.8, 4) is 16.9 Å². The number of carbonyl (C=O) groups is 1. The fourth-order valence-corrected chi connectivity index (χ4v) is 4.08. The van der Waals surface area contributed by atoms with Crippen LogP contribution >= 0.6 is 15.9 Å². The standard InChI is InChI=1S/C22H26BrNO4/c1-12-17(20(21(25)26)28-22(3,4)5)18(19(23)13(2)24-12)15-8-9-16-14(11-15)7-6-10-27-16/h8-9,11,20H,6-7,10H2,1-5H3,(H,25,26). The fourth-order valence-electron chi connectivity index (χ4n) is 3.55. The van der Waals surface area contributed by atoms with E-state index in [-0.39, 0.29) is 0 Å². The lowest BCUT2D eigenvalue weighted by atomic mass is 9.92. The number of aryl methyl sites for hydroxylation is 3. The Kier molecular flexibility index (Phi) is 5.82. The number of fused-ring (bicyclic) bond motifs is 1. The van der Waals surface area contributed by atoms with Crippen LogP contribution in [0.3, 0.4) is 0 Å². The van der Waals surface area contributed by atoms with Crippen molar-refractivity contribution in [1.29, 1.82) is 0 Å². The zero-order valence-corrected chi connectivity index (χ0v) is 18.5. The number of hydrogen-bond donors (Lipinski definition) is 1. The summed E-state index contributed by atoms with van der Waals surface area (Å²) in [4.78, 5) is 16.7. The lowest BCUT2D eigenvalue weighted by Crippen LogP contribution is -2.28.